The van der Waals surface area contributed by atoms with Crippen LogP contribution in [0.1, 0.15) is 47.9 Å². The lowest BCUT2D eigenvalue weighted by atomic mass is 10.1. The van der Waals surface area contributed by atoms with Gasteiger partial charge in [0.25, 0.3) is 0 Å². The van der Waals surface area contributed by atoms with Crippen molar-refractivity contribution in [3.63, 3.8) is 0 Å². The highest BCUT2D eigenvalue weighted by Crippen LogP contribution is 2.31. The third kappa shape index (κ3) is 8.68. The first kappa shape index (κ1) is 26.6. The highest BCUT2D eigenvalue weighted by molar-refractivity contribution is 5.85. The molecule has 0 saturated heterocycles. The smallest absolute Gasteiger partial charge is 0.273 e. The van der Waals surface area contributed by atoms with Crippen LogP contribution in [-0.2, 0) is 21.9 Å². The van der Waals surface area contributed by atoms with E-state index in [0.717, 1.165) is 24.6 Å². The van der Waals surface area contributed by atoms with E-state index >= 15 is 0 Å². The second-order valence-electron chi connectivity index (χ2n) is 6.96. The van der Waals surface area contributed by atoms with Gasteiger partial charge < -0.3 is 0 Å². The topological polar surface area (TPSA) is 82.9 Å². The number of hydrogen-bond donors (Lipinski definition) is 2. The number of benzene rings is 2. The van der Waals surface area contributed by atoms with Crippen LogP contribution >= 0.6 is 0 Å². The van der Waals surface area contributed by atoms with E-state index in [9.17, 15) is 35.9 Å². The summed E-state index contributed by atoms with van der Waals surface area (Å²) >= 11 is 0. The molecule has 2 aromatic carbocycles. The van der Waals surface area contributed by atoms with E-state index in [1.165, 1.54) is 36.4 Å². The molecule has 0 radical (unpaired) electrons. The minimum Gasteiger partial charge on any atom is -0.273 e. The summed E-state index contributed by atoms with van der Waals surface area (Å²) in [6, 6.07) is 9.50. The predicted molar refractivity (Wildman–Crippen MR) is 113 cm³/mol. The van der Waals surface area contributed by atoms with E-state index < -0.39 is 35.3 Å². The van der Waals surface area contributed by atoms with Crippen molar-refractivity contribution in [3.05, 3.63) is 70.8 Å². The number of rotatable bonds is 9. The molecule has 12 heteroatoms. The fourth-order valence-electron chi connectivity index (χ4n) is 2.77. The fourth-order valence-corrected chi connectivity index (χ4v) is 2.77. The first-order chi connectivity index (χ1) is 16.0. The lowest BCUT2D eigenvalue weighted by Gasteiger charge is -2.09. The Labute approximate surface area is 190 Å². The Morgan fingerprint density at radius 1 is 0.676 bits per heavy atom. The number of carbonyl (C=O) groups excluding carboxylic acids is 2. The van der Waals surface area contributed by atoms with E-state index in [1.54, 1.807) is 0 Å². The van der Waals surface area contributed by atoms with Gasteiger partial charge >= 0.3 is 12.4 Å². The largest absolute Gasteiger partial charge is 0.417 e. The van der Waals surface area contributed by atoms with Crippen LogP contribution in [0.4, 0.5) is 26.3 Å². The maximum atomic E-state index is 12.9. The SMILES string of the molecule is O=C(CCCCC(=O)NN=Cc1ccccc1C(F)(F)F)NN=Cc1ccccc1C(F)(F)F. The summed E-state index contributed by atoms with van der Waals surface area (Å²) in [6.07, 6.45) is -6.85. The van der Waals surface area contributed by atoms with Gasteiger partial charge in [-0.15, -0.1) is 0 Å². The summed E-state index contributed by atoms with van der Waals surface area (Å²) < 4.78 is 77.4. The molecule has 0 atom stereocenters. The zero-order valence-electron chi connectivity index (χ0n) is 17.6. The molecule has 2 N–H and O–H groups in total. The summed E-state index contributed by atoms with van der Waals surface area (Å²) in [5, 5.41) is 7.04. The quantitative estimate of drug-likeness (QED) is 0.229. The summed E-state index contributed by atoms with van der Waals surface area (Å²) in [5.41, 5.74) is 2.05. The Bertz CT molecular complexity index is 965. The minimum atomic E-state index is -4.56. The average Bonchev–Trinajstić information content (AvgIpc) is 2.76. The highest BCUT2D eigenvalue weighted by atomic mass is 19.4. The summed E-state index contributed by atoms with van der Waals surface area (Å²) in [6.45, 7) is 0. The molecular weight excluding hydrogens is 466 g/mol. The number of hydrogen-bond acceptors (Lipinski definition) is 4. The number of carbonyl (C=O) groups is 2. The normalized spacial score (nSPS) is 12.3. The number of halogens is 6. The molecule has 0 fully saturated rings. The van der Waals surface area contributed by atoms with Crippen LogP contribution in [0.5, 0.6) is 0 Å². The second kappa shape index (κ2) is 12.0. The predicted octanol–water partition coefficient (Wildman–Crippen LogP) is 4.89. The van der Waals surface area contributed by atoms with Crippen molar-refractivity contribution in [2.75, 3.05) is 0 Å². The van der Waals surface area contributed by atoms with Gasteiger partial charge in [0.2, 0.25) is 11.8 Å². The van der Waals surface area contributed by atoms with Crippen molar-refractivity contribution in [3.8, 4) is 0 Å². The van der Waals surface area contributed by atoms with Crippen LogP contribution < -0.4 is 10.9 Å². The lowest BCUT2D eigenvalue weighted by Crippen LogP contribution is -2.19. The molecule has 0 unspecified atom stereocenters. The van der Waals surface area contributed by atoms with E-state index in [-0.39, 0.29) is 36.8 Å². The molecule has 0 saturated carbocycles. The molecule has 0 bridgehead atoms. The molecule has 34 heavy (non-hydrogen) atoms. The Morgan fingerprint density at radius 2 is 1.03 bits per heavy atom. The molecule has 0 aliphatic rings. The molecule has 0 aromatic heterocycles. The zero-order valence-corrected chi connectivity index (χ0v) is 17.6. The molecule has 0 aliphatic heterocycles. The summed E-state index contributed by atoms with van der Waals surface area (Å²) in [4.78, 5) is 23.5. The number of unbranched alkanes of at least 4 members (excludes halogenated alkanes) is 1. The van der Waals surface area contributed by atoms with Crippen molar-refractivity contribution in [2.45, 2.75) is 38.0 Å². The molecular formula is C22H20F6N4O2. The molecule has 0 aliphatic carbocycles. The number of alkyl halides is 6. The van der Waals surface area contributed by atoms with E-state index in [0.29, 0.717) is 0 Å². The van der Waals surface area contributed by atoms with E-state index in [1.807, 2.05) is 0 Å². The molecule has 0 heterocycles. The highest BCUT2D eigenvalue weighted by Gasteiger charge is 2.33. The maximum absolute atomic E-state index is 12.9. The third-order valence-electron chi connectivity index (χ3n) is 4.38. The maximum Gasteiger partial charge on any atom is 0.417 e. The first-order valence-electron chi connectivity index (χ1n) is 9.94. The molecule has 2 rings (SSSR count). The van der Waals surface area contributed by atoms with Crippen molar-refractivity contribution in [1.82, 2.24) is 10.9 Å². The van der Waals surface area contributed by atoms with Crippen LogP contribution in [0.25, 0.3) is 0 Å². The van der Waals surface area contributed by atoms with Gasteiger partial charge in [-0.25, -0.2) is 10.9 Å². The van der Waals surface area contributed by atoms with Gasteiger partial charge in [-0.3, -0.25) is 9.59 Å². The lowest BCUT2D eigenvalue weighted by molar-refractivity contribution is -0.138. The average molecular weight is 486 g/mol. The van der Waals surface area contributed by atoms with Crippen molar-refractivity contribution in [1.29, 1.82) is 0 Å². The minimum absolute atomic E-state index is 0.0340. The van der Waals surface area contributed by atoms with Crippen LogP contribution in [0.2, 0.25) is 0 Å². The van der Waals surface area contributed by atoms with Crippen LogP contribution in [-0.4, -0.2) is 24.2 Å². The van der Waals surface area contributed by atoms with Crippen molar-refractivity contribution < 1.29 is 35.9 Å². The summed E-state index contributed by atoms with van der Waals surface area (Å²) in [5.74, 6) is -1.11. The van der Waals surface area contributed by atoms with Crippen LogP contribution in [0.15, 0.2) is 58.7 Å². The Balaban J connectivity index is 1.71. The standard InChI is InChI=1S/C22H20F6N4O2/c23-21(24,25)17-9-3-1-7-15(17)13-29-31-19(33)11-5-6-12-20(34)32-30-14-16-8-2-4-10-18(16)22(26,27)28/h1-4,7-10,13-14H,5-6,11-12H2,(H,31,33)(H,32,34). The second-order valence-corrected chi connectivity index (χ2v) is 6.96. The fraction of sp³-hybridized carbons (Fsp3) is 0.273. The molecule has 2 amide bonds. The third-order valence-corrected chi connectivity index (χ3v) is 4.38. The summed E-state index contributed by atoms with van der Waals surface area (Å²) in [7, 11) is 0. The molecule has 6 nitrogen and oxygen atoms in total. The van der Waals surface area contributed by atoms with Crippen molar-refractivity contribution in [2.24, 2.45) is 10.2 Å². The Kier molecular flexibility index (Phi) is 9.34. The van der Waals surface area contributed by atoms with Gasteiger partial charge in [0, 0.05) is 24.0 Å². The first-order valence-corrected chi connectivity index (χ1v) is 9.94. The molecule has 0 spiro atoms. The van der Waals surface area contributed by atoms with E-state index in [4.69, 9.17) is 0 Å². The molecule has 182 valence electrons. The number of hydrazone groups is 2. The van der Waals surface area contributed by atoms with Gasteiger partial charge in [0.05, 0.1) is 23.6 Å². The van der Waals surface area contributed by atoms with E-state index in [2.05, 4.69) is 21.1 Å². The number of amides is 2. The van der Waals surface area contributed by atoms with Gasteiger partial charge in [-0.05, 0) is 25.0 Å². The van der Waals surface area contributed by atoms with Gasteiger partial charge in [0.1, 0.15) is 0 Å². The van der Waals surface area contributed by atoms with Gasteiger partial charge in [-0.2, -0.15) is 36.5 Å². The van der Waals surface area contributed by atoms with Crippen LogP contribution in [0.3, 0.4) is 0 Å². The van der Waals surface area contributed by atoms with Crippen LogP contribution in [0, 0.1) is 0 Å². The number of nitrogens with one attached hydrogen (secondary N) is 2. The molecule has 2 aromatic rings. The van der Waals surface area contributed by atoms with Gasteiger partial charge in [0.15, 0.2) is 0 Å². The van der Waals surface area contributed by atoms with Gasteiger partial charge in [-0.1, -0.05) is 36.4 Å². The zero-order chi connectivity index (χ0) is 25.2. The Hall–Kier alpha value is -3.70. The van der Waals surface area contributed by atoms with Crippen molar-refractivity contribution >= 4 is 24.2 Å². The number of nitrogens with zero attached hydrogens (tertiary/aromatic N) is 2. The Morgan fingerprint density at radius 3 is 1.38 bits per heavy atom. The monoisotopic (exact) mass is 486 g/mol.